The van der Waals surface area contributed by atoms with Gasteiger partial charge in [0.2, 0.25) is 0 Å². The molecule has 0 radical (unpaired) electrons. The van der Waals surface area contributed by atoms with E-state index < -0.39 is 17.4 Å². The molecule has 0 N–H and O–H groups in total. The minimum Gasteiger partial charge on any atom is -0.413 e. The molecule has 0 aromatic heterocycles. The van der Waals surface area contributed by atoms with Crippen LogP contribution in [0.5, 0.6) is 0 Å². The van der Waals surface area contributed by atoms with Gasteiger partial charge in [0, 0.05) is 10.0 Å². The van der Waals surface area contributed by atoms with E-state index in [1.807, 2.05) is 0 Å². The van der Waals surface area contributed by atoms with Gasteiger partial charge in [-0.2, -0.15) is 0 Å². The topological polar surface area (TPSA) is 18.5 Å². The average Bonchev–Trinajstić information content (AvgIpc) is 2.35. The van der Waals surface area contributed by atoms with Crippen molar-refractivity contribution in [2.75, 3.05) is 0 Å². The molecule has 0 aromatic rings. The lowest BCUT2D eigenvalue weighted by Crippen LogP contribution is -2.45. The van der Waals surface area contributed by atoms with E-state index in [4.69, 9.17) is 8.85 Å². The Hall–Kier alpha value is 0.564. The van der Waals surface area contributed by atoms with Gasteiger partial charge in [-0.15, -0.1) is 0 Å². The molecule has 1 rings (SSSR count). The minimum atomic E-state index is -1.77. The maximum absolute atomic E-state index is 6.66. The summed E-state index contributed by atoms with van der Waals surface area (Å²) in [6, 6.07) is 0. The molecule has 0 spiro atoms. The summed E-state index contributed by atoms with van der Waals surface area (Å²) < 4.78 is 14.5. The molecular formula is C19H37IO2Si2. The van der Waals surface area contributed by atoms with Crippen LogP contribution in [0.3, 0.4) is 0 Å². The number of halogens is 1. The van der Waals surface area contributed by atoms with Gasteiger partial charge in [-0.25, -0.2) is 0 Å². The molecule has 0 saturated carbocycles. The average molecular weight is 481 g/mol. The lowest BCUT2D eigenvalue weighted by atomic mass is 9.81. The summed E-state index contributed by atoms with van der Waals surface area (Å²) in [6.45, 7) is 23.0. The van der Waals surface area contributed by atoms with Crippen molar-refractivity contribution in [3.8, 4) is 0 Å². The van der Waals surface area contributed by atoms with Crippen LogP contribution < -0.4 is 0 Å². The Morgan fingerprint density at radius 1 is 1.17 bits per heavy atom. The highest BCUT2D eigenvalue weighted by Gasteiger charge is 2.40. The standard InChI is InChI=1S/C19H37IO2Si2/c1-18(2,3)17(21-23(7)8)15-13-14(11-12-16(15)20)22-24(9,10)19(4,5)6/h11-12,14,17,23H,13H2,1-10H3. The monoisotopic (exact) mass is 480 g/mol. The summed E-state index contributed by atoms with van der Waals surface area (Å²) in [5.41, 5.74) is 1.53. The SMILES string of the molecule is C[SiH](C)OC(C1=C(I)C=CC(O[Si](C)(C)C(C)(C)C)C1)C(C)(C)C. The molecule has 2 nitrogen and oxygen atoms in total. The summed E-state index contributed by atoms with van der Waals surface area (Å²) in [7, 11) is -2.88. The van der Waals surface area contributed by atoms with Gasteiger partial charge in [0.1, 0.15) is 0 Å². The van der Waals surface area contributed by atoms with Crippen molar-refractivity contribution in [2.24, 2.45) is 5.41 Å². The van der Waals surface area contributed by atoms with Crippen molar-refractivity contribution in [1.82, 2.24) is 0 Å². The molecule has 24 heavy (non-hydrogen) atoms. The normalized spacial score (nSPS) is 21.6. The summed E-state index contributed by atoms with van der Waals surface area (Å²) in [6.07, 6.45) is 5.82. The quantitative estimate of drug-likeness (QED) is 0.333. The van der Waals surface area contributed by atoms with E-state index in [0.717, 1.165) is 6.42 Å². The second-order valence-corrected chi connectivity index (χ2v) is 18.1. The molecule has 1 aliphatic rings. The van der Waals surface area contributed by atoms with Crippen LogP contribution in [-0.4, -0.2) is 29.6 Å². The van der Waals surface area contributed by atoms with Crippen LogP contribution >= 0.6 is 22.6 Å². The third kappa shape index (κ3) is 6.07. The van der Waals surface area contributed by atoms with E-state index in [9.17, 15) is 0 Å². The molecule has 0 bridgehead atoms. The fourth-order valence-electron chi connectivity index (χ4n) is 2.63. The molecule has 2 unspecified atom stereocenters. The van der Waals surface area contributed by atoms with E-state index in [1.54, 1.807) is 0 Å². The Kier molecular flexibility index (Phi) is 7.60. The van der Waals surface area contributed by atoms with Crippen LogP contribution in [0.1, 0.15) is 48.0 Å². The number of rotatable bonds is 5. The third-order valence-corrected chi connectivity index (χ3v) is 11.3. The van der Waals surface area contributed by atoms with E-state index in [0.29, 0.717) is 0 Å². The van der Waals surface area contributed by atoms with Crippen LogP contribution in [0.25, 0.3) is 0 Å². The van der Waals surface area contributed by atoms with Crippen LogP contribution in [0.15, 0.2) is 21.3 Å². The first kappa shape index (κ1) is 22.6. The predicted octanol–water partition coefficient (Wildman–Crippen LogP) is 6.44. The summed E-state index contributed by atoms with van der Waals surface area (Å²) in [5.74, 6) is 0. The largest absolute Gasteiger partial charge is 0.413 e. The van der Waals surface area contributed by atoms with Gasteiger partial charge in [-0.3, -0.25) is 0 Å². The van der Waals surface area contributed by atoms with Gasteiger partial charge in [0.15, 0.2) is 17.4 Å². The lowest BCUT2D eigenvalue weighted by Gasteiger charge is -2.41. The first-order valence-corrected chi connectivity index (χ1v) is 15.8. The van der Waals surface area contributed by atoms with Gasteiger partial charge in [-0.05, 0) is 64.8 Å². The van der Waals surface area contributed by atoms with Gasteiger partial charge in [0.25, 0.3) is 0 Å². The molecule has 0 fully saturated rings. The third-order valence-electron chi connectivity index (χ3n) is 4.95. The van der Waals surface area contributed by atoms with E-state index in [2.05, 4.69) is 102 Å². The second kappa shape index (κ2) is 8.07. The lowest BCUT2D eigenvalue weighted by molar-refractivity contribution is 0.107. The highest BCUT2D eigenvalue weighted by molar-refractivity contribution is 14.1. The Balaban J connectivity index is 3.03. The zero-order valence-electron chi connectivity index (χ0n) is 17.3. The molecule has 2 atom stereocenters. The second-order valence-electron chi connectivity index (χ2n) is 9.78. The molecule has 140 valence electrons. The molecular weight excluding hydrogens is 443 g/mol. The van der Waals surface area contributed by atoms with Crippen LogP contribution in [-0.2, 0) is 8.85 Å². The van der Waals surface area contributed by atoms with Crippen LogP contribution in [0, 0.1) is 5.41 Å². The van der Waals surface area contributed by atoms with Crippen LogP contribution in [0.4, 0.5) is 0 Å². The fourth-order valence-corrected chi connectivity index (χ4v) is 5.73. The van der Waals surface area contributed by atoms with Crippen molar-refractivity contribution in [1.29, 1.82) is 0 Å². The number of hydrogen-bond donors (Lipinski definition) is 0. The Bertz CT molecular complexity index is 496. The molecule has 0 amide bonds. The molecule has 0 aliphatic heterocycles. The van der Waals surface area contributed by atoms with E-state index >= 15 is 0 Å². The van der Waals surface area contributed by atoms with Crippen molar-refractivity contribution in [2.45, 2.75) is 91.4 Å². The van der Waals surface area contributed by atoms with Crippen molar-refractivity contribution < 1.29 is 8.85 Å². The maximum Gasteiger partial charge on any atom is 0.192 e. The highest BCUT2D eigenvalue weighted by atomic mass is 127. The van der Waals surface area contributed by atoms with Gasteiger partial charge >= 0.3 is 0 Å². The summed E-state index contributed by atoms with van der Waals surface area (Å²) >= 11 is 2.47. The Morgan fingerprint density at radius 2 is 1.71 bits per heavy atom. The maximum atomic E-state index is 6.66. The Morgan fingerprint density at radius 3 is 2.12 bits per heavy atom. The zero-order chi connectivity index (χ0) is 18.9. The van der Waals surface area contributed by atoms with Gasteiger partial charge in [0.05, 0.1) is 12.2 Å². The highest BCUT2D eigenvalue weighted by Crippen LogP contribution is 2.41. The molecule has 1 aliphatic carbocycles. The minimum absolute atomic E-state index is 0.107. The summed E-state index contributed by atoms with van der Waals surface area (Å²) in [4.78, 5) is 0. The number of hydrogen-bond acceptors (Lipinski definition) is 2. The molecule has 0 heterocycles. The van der Waals surface area contributed by atoms with Crippen molar-refractivity contribution in [3.05, 3.63) is 21.3 Å². The zero-order valence-corrected chi connectivity index (χ0v) is 21.6. The van der Waals surface area contributed by atoms with E-state index in [-0.39, 0.29) is 22.7 Å². The number of allylic oxidation sites excluding steroid dienone is 2. The van der Waals surface area contributed by atoms with Crippen molar-refractivity contribution in [3.63, 3.8) is 0 Å². The first-order valence-electron chi connectivity index (χ1n) is 9.05. The van der Waals surface area contributed by atoms with E-state index in [1.165, 1.54) is 9.15 Å². The first-order chi connectivity index (χ1) is 10.6. The smallest absolute Gasteiger partial charge is 0.192 e. The predicted molar refractivity (Wildman–Crippen MR) is 120 cm³/mol. The Labute approximate surface area is 166 Å². The molecule has 0 aromatic carbocycles. The molecule has 5 heteroatoms. The van der Waals surface area contributed by atoms with Crippen molar-refractivity contribution >= 4 is 39.9 Å². The fraction of sp³-hybridized carbons (Fsp3) is 0.789. The molecule has 0 saturated heterocycles. The van der Waals surface area contributed by atoms with Crippen LogP contribution in [0.2, 0.25) is 31.2 Å². The van der Waals surface area contributed by atoms with Gasteiger partial charge in [-0.1, -0.05) is 53.7 Å². The summed E-state index contributed by atoms with van der Waals surface area (Å²) in [5, 5.41) is 0.236. The van der Waals surface area contributed by atoms with Gasteiger partial charge < -0.3 is 8.85 Å².